The van der Waals surface area contributed by atoms with E-state index < -0.39 is 11.7 Å². The van der Waals surface area contributed by atoms with Crippen molar-refractivity contribution < 1.29 is 27.2 Å². The summed E-state index contributed by atoms with van der Waals surface area (Å²) in [5.41, 5.74) is -0.196. The number of halogens is 3. The number of hydrogen-bond donors (Lipinski definition) is 1. The van der Waals surface area contributed by atoms with E-state index in [0.717, 1.165) is 12.1 Å². The molecular weight excluding hydrogens is 365 g/mol. The number of alkyl halides is 3. The van der Waals surface area contributed by atoms with E-state index >= 15 is 0 Å². The highest BCUT2D eigenvalue weighted by atomic mass is 19.4. The molecular formula is C17H15F3N4O3. The second-order valence-electron chi connectivity index (χ2n) is 5.73. The predicted octanol–water partition coefficient (Wildman–Crippen LogP) is 3.27. The summed E-state index contributed by atoms with van der Waals surface area (Å²) in [5.74, 6) is 0.234. The zero-order chi connectivity index (χ0) is 19.4. The van der Waals surface area contributed by atoms with Crippen LogP contribution in [0.4, 0.5) is 13.2 Å². The first-order valence-corrected chi connectivity index (χ1v) is 7.82. The molecule has 27 heavy (non-hydrogen) atoms. The summed E-state index contributed by atoms with van der Waals surface area (Å²) in [5, 5.41) is 10.1. The largest absolute Gasteiger partial charge is 0.487 e. The molecule has 0 aliphatic rings. The fourth-order valence-corrected chi connectivity index (χ4v) is 2.29. The maximum Gasteiger partial charge on any atom is 0.416 e. The summed E-state index contributed by atoms with van der Waals surface area (Å²) in [6.07, 6.45) is -2.97. The number of aromatic amines is 1. The van der Waals surface area contributed by atoms with Gasteiger partial charge in [-0.15, -0.1) is 0 Å². The van der Waals surface area contributed by atoms with Crippen LogP contribution in [0, 0.1) is 0 Å². The number of carbonyl (C=O) groups excluding carboxylic acids is 1. The third-order valence-corrected chi connectivity index (χ3v) is 3.64. The molecule has 1 amide bonds. The number of hydrogen-bond acceptors (Lipinski definition) is 5. The fourth-order valence-electron chi connectivity index (χ4n) is 2.29. The average molecular weight is 380 g/mol. The molecule has 0 unspecified atom stereocenters. The molecule has 0 spiro atoms. The van der Waals surface area contributed by atoms with Crippen LogP contribution in [0.5, 0.6) is 5.75 Å². The number of benzene rings is 1. The Balaban J connectivity index is 1.60. The van der Waals surface area contributed by atoms with Gasteiger partial charge >= 0.3 is 6.18 Å². The summed E-state index contributed by atoms with van der Waals surface area (Å²) >= 11 is 0. The topological polar surface area (TPSA) is 84.3 Å². The van der Waals surface area contributed by atoms with Crippen molar-refractivity contribution in [3.63, 3.8) is 0 Å². The summed E-state index contributed by atoms with van der Waals surface area (Å²) in [4.78, 5) is 13.7. The molecule has 3 rings (SSSR count). The minimum Gasteiger partial charge on any atom is -0.487 e. The zero-order valence-corrected chi connectivity index (χ0v) is 14.2. The lowest BCUT2D eigenvalue weighted by molar-refractivity contribution is -0.137. The molecule has 3 aromatic rings. The van der Waals surface area contributed by atoms with E-state index in [4.69, 9.17) is 9.26 Å². The van der Waals surface area contributed by atoms with Crippen LogP contribution >= 0.6 is 0 Å². The molecule has 0 atom stereocenters. The van der Waals surface area contributed by atoms with Gasteiger partial charge in [-0.3, -0.25) is 9.89 Å². The van der Waals surface area contributed by atoms with Crippen LogP contribution in [-0.4, -0.2) is 33.2 Å². The third-order valence-electron chi connectivity index (χ3n) is 3.64. The lowest BCUT2D eigenvalue weighted by Crippen LogP contribution is -2.26. The number of ether oxygens (including phenoxy) is 1. The Hall–Kier alpha value is -3.30. The second kappa shape index (κ2) is 7.52. The monoisotopic (exact) mass is 380 g/mol. The van der Waals surface area contributed by atoms with Gasteiger partial charge in [-0.05, 0) is 24.3 Å². The highest BCUT2D eigenvalue weighted by Gasteiger charge is 2.30. The first kappa shape index (κ1) is 18.5. The average Bonchev–Trinajstić information content (AvgIpc) is 3.30. The van der Waals surface area contributed by atoms with Crippen LogP contribution in [0.15, 0.2) is 47.1 Å². The van der Waals surface area contributed by atoms with Crippen molar-refractivity contribution >= 4 is 5.91 Å². The van der Waals surface area contributed by atoms with Gasteiger partial charge in [-0.25, -0.2) is 0 Å². The van der Waals surface area contributed by atoms with E-state index in [1.54, 1.807) is 13.1 Å². The molecule has 10 heteroatoms. The van der Waals surface area contributed by atoms with Gasteiger partial charge in [0.1, 0.15) is 12.4 Å². The van der Waals surface area contributed by atoms with E-state index in [-0.39, 0.29) is 30.5 Å². The van der Waals surface area contributed by atoms with E-state index in [1.165, 1.54) is 29.3 Å². The van der Waals surface area contributed by atoms with E-state index in [2.05, 4.69) is 15.4 Å². The summed E-state index contributed by atoms with van der Waals surface area (Å²) in [6.45, 7) is 0.162. The highest BCUT2D eigenvalue weighted by Crippen LogP contribution is 2.31. The van der Waals surface area contributed by atoms with Crippen molar-refractivity contribution in [1.29, 1.82) is 0 Å². The maximum absolute atomic E-state index is 12.7. The molecule has 0 radical (unpaired) electrons. The van der Waals surface area contributed by atoms with E-state index in [0.29, 0.717) is 11.5 Å². The van der Waals surface area contributed by atoms with Crippen molar-refractivity contribution in [2.45, 2.75) is 19.3 Å². The van der Waals surface area contributed by atoms with Gasteiger partial charge in [0, 0.05) is 13.1 Å². The number of carbonyl (C=O) groups is 1. The van der Waals surface area contributed by atoms with E-state index in [1.807, 2.05) is 0 Å². The molecule has 1 N–H and O–H groups in total. The molecule has 0 aliphatic carbocycles. The Kier molecular flexibility index (Phi) is 5.15. The summed E-state index contributed by atoms with van der Waals surface area (Å²) in [7, 11) is 1.58. The maximum atomic E-state index is 12.7. The number of amides is 1. The predicted molar refractivity (Wildman–Crippen MR) is 86.7 cm³/mol. The van der Waals surface area contributed by atoms with Crippen LogP contribution in [0.25, 0.3) is 0 Å². The van der Waals surface area contributed by atoms with Crippen molar-refractivity contribution in [2.24, 2.45) is 0 Å². The minimum atomic E-state index is -4.44. The van der Waals surface area contributed by atoms with Gasteiger partial charge < -0.3 is 14.2 Å². The molecule has 1 aromatic carbocycles. The van der Waals surface area contributed by atoms with Crippen LogP contribution < -0.4 is 4.74 Å². The second-order valence-corrected chi connectivity index (χ2v) is 5.73. The molecule has 142 valence electrons. The number of aromatic nitrogens is 3. The Bertz CT molecular complexity index is 906. The molecule has 2 aromatic heterocycles. The Morgan fingerprint density at radius 2 is 2.11 bits per heavy atom. The first-order chi connectivity index (χ1) is 12.8. The lowest BCUT2D eigenvalue weighted by Gasteiger charge is -2.13. The van der Waals surface area contributed by atoms with Crippen molar-refractivity contribution in [2.75, 3.05) is 7.05 Å². The number of H-pyrrole nitrogens is 1. The quantitative estimate of drug-likeness (QED) is 0.710. The Morgan fingerprint density at radius 3 is 2.81 bits per heavy atom. The van der Waals surface area contributed by atoms with Gasteiger partial charge in [-0.2, -0.15) is 18.3 Å². The molecule has 0 fully saturated rings. The molecule has 0 saturated heterocycles. The fraction of sp³-hybridized carbons (Fsp3) is 0.235. The SMILES string of the molecule is CN(Cc1ccno1)C(=O)c1cc(COc2cccc(C(F)(F)F)c2)[nH]n1. The van der Waals surface area contributed by atoms with Crippen molar-refractivity contribution in [3.05, 3.63) is 65.3 Å². The standard InChI is InChI=1S/C17H15F3N4O3/c1-24(9-14-5-6-21-27-14)16(25)15-8-12(22-23-15)10-26-13-4-2-3-11(7-13)17(18,19)20/h2-8H,9-10H2,1H3,(H,22,23). The lowest BCUT2D eigenvalue weighted by atomic mass is 10.2. The normalized spacial score (nSPS) is 11.4. The number of nitrogens with zero attached hydrogens (tertiary/aromatic N) is 3. The molecule has 0 saturated carbocycles. The van der Waals surface area contributed by atoms with Gasteiger partial charge in [0.25, 0.3) is 5.91 Å². The summed E-state index contributed by atoms with van der Waals surface area (Å²) in [6, 6.07) is 7.68. The van der Waals surface area contributed by atoms with Crippen LogP contribution in [0.2, 0.25) is 0 Å². The molecule has 0 aliphatic heterocycles. The molecule has 2 heterocycles. The van der Waals surface area contributed by atoms with Gasteiger partial charge in [0.05, 0.1) is 24.0 Å². The number of rotatable bonds is 6. The minimum absolute atomic E-state index is 0.0621. The first-order valence-electron chi connectivity index (χ1n) is 7.82. The number of nitrogens with one attached hydrogen (secondary N) is 1. The van der Waals surface area contributed by atoms with Gasteiger partial charge in [0.2, 0.25) is 0 Å². The molecule has 7 nitrogen and oxygen atoms in total. The van der Waals surface area contributed by atoms with Crippen molar-refractivity contribution in [3.8, 4) is 5.75 Å². The summed E-state index contributed by atoms with van der Waals surface area (Å²) < 4.78 is 48.4. The van der Waals surface area contributed by atoms with Gasteiger partial charge in [-0.1, -0.05) is 11.2 Å². The van der Waals surface area contributed by atoms with Gasteiger partial charge in [0.15, 0.2) is 11.5 Å². The van der Waals surface area contributed by atoms with Crippen LogP contribution in [-0.2, 0) is 19.3 Å². The molecule has 0 bridgehead atoms. The zero-order valence-electron chi connectivity index (χ0n) is 14.2. The highest BCUT2D eigenvalue weighted by molar-refractivity contribution is 5.92. The van der Waals surface area contributed by atoms with E-state index in [9.17, 15) is 18.0 Å². The van der Waals surface area contributed by atoms with Crippen molar-refractivity contribution in [1.82, 2.24) is 20.3 Å². The van der Waals surface area contributed by atoms with Crippen LogP contribution in [0.3, 0.4) is 0 Å². The third kappa shape index (κ3) is 4.66. The smallest absolute Gasteiger partial charge is 0.416 e. The Labute approximate surface area is 151 Å². The van der Waals surface area contributed by atoms with Crippen LogP contribution in [0.1, 0.15) is 27.5 Å². The Morgan fingerprint density at radius 1 is 1.30 bits per heavy atom.